The summed E-state index contributed by atoms with van der Waals surface area (Å²) in [6.45, 7) is 17.7. The second-order valence-electron chi connectivity index (χ2n) is 15.1. The number of fused-ring (bicyclic) bond motifs is 7. The Bertz CT molecular complexity index is 1210. The van der Waals surface area contributed by atoms with Crippen molar-refractivity contribution < 1.29 is 14.6 Å². The molecule has 2 heterocycles. The summed E-state index contributed by atoms with van der Waals surface area (Å²) in [6, 6.07) is 8.21. The zero-order valence-electron chi connectivity index (χ0n) is 29.1. The van der Waals surface area contributed by atoms with Gasteiger partial charge in [0.1, 0.15) is 0 Å². The summed E-state index contributed by atoms with van der Waals surface area (Å²) in [5, 5.41) is 7.00. The van der Waals surface area contributed by atoms with Crippen molar-refractivity contribution in [1.82, 2.24) is 0 Å². The molecule has 2 aliphatic heterocycles. The molecule has 0 spiro atoms. The normalized spacial score (nSPS) is 35.7. The van der Waals surface area contributed by atoms with E-state index in [1.54, 1.807) is 0 Å². The van der Waals surface area contributed by atoms with Crippen LogP contribution in [-0.2, 0) is 4.74 Å². The Morgan fingerprint density at radius 3 is 2.30 bits per heavy atom. The summed E-state index contributed by atoms with van der Waals surface area (Å²) in [5.74, 6) is 2.68. The SMILES string of the molecule is C=C(C)C.CC/C=C\C12CCC[C@@H]1C1CCC3I4CC=C(c5ccc(C(=O)OC)cc5)C(C)(C)C4CCC3(C)C1CC2.CO. The Morgan fingerprint density at radius 1 is 0.977 bits per heavy atom. The van der Waals surface area contributed by atoms with Gasteiger partial charge in [0, 0.05) is 7.11 Å². The largest absolute Gasteiger partial charge is 0.400 e. The van der Waals surface area contributed by atoms with Crippen LogP contribution in [0.4, 0.5) is 0 Å². The van der Waals surface area contributed by atoms with Crippen molar-refractivity contribution in [1.29, 1.82) is 0 Å². The fourth-order valence-corrected chi connectivity index (χ4v) is 20.7. The number of hydrogen-bond acceptors (Lipinski definition) is 3. The van der Waals surface area contributed by atoms with E-state index in [0.29, 0.717) is 16.4 Å². The maximum absolute atomic E-state index is 12.0. The van der Waals surface area contributed by atoms with Gasteiger partial charge in [-0.1, -0.05) is 5.57 Å². The number of aliphatic hydroxyl groups excluding tert-OH is 1. The van der Waals surface area contributed by atoms with Crippen LogP contribution in [0, 0.1) is 34.0 Å². The third kappa shape index (κ3) is 6.55. The van der Waals surface area contributed by atoms with E-state index in [9.17, 15) is 4.79 Å². The minimum atomic E-state index is -1.18. The number of hydrogen-bond donors (Lipinski definition) is 1. The van der Waals surface area contributed by atoms with Gasteiger partial charge < -0.3 is 5.11 Å². The van der Waals surface area contributed by atoms with E-state index in [0.717, 1.165) is 32.7 Å². The molecule has 5 aliphatic rings. The number of benzene rings is 1. The molecule has 1 N–H and O–H groups in total. The maximum atomic E-state index is 12.0. The van der Waals surface area contributed by atoms with Crippen LogP contribution in [0.2, 0.25) is 0 Å². The molecule has 4 heteroatoms. The Kier molecular flexibility index (Phi) is 11.7. The fraction of sp³-hybridized carbons (Fsp3) is 0.675. The Balaban J connectivity index is 0.000000683. The summed E-state index contributed by atoms with van der Waals surface area (Å²) < 4.78 is 8.25. The third-order valence-corrected chi connectivity index (χ3v) is 21.6. The molecule has 1 aromatic rings. The molecule has 0 aromatic heterocycles. The van der Waals surface area contributed by atoms with Crippen LogP contribution < -0.4 is 0 Å². The first-order chi connectivity index (χ1) is 21.0. The van der Waals surface area contributed by atoms with Crippen LogP contribution in [0.5, 0.6) is 0 Å². The molecule has 0 bridgehead atoms. The summed E-state index contributed by atoms with van der Waals surface area (Å²) in [5.41, 5.74) is 6.02. The number of halogens is 1. The molecule has 3 nitrogen and oxygen atoms in total. The number of allylic oxidation sites excluding steroid dienone is 5. The van der Waals surface area contributed by atoms with Gasteiger partial charge in [0.2, 0.25) is 0 Å². The zero-order chi connectivity index (χ0) is 32.3. The van der Waals surface area contributed by atoms with Gasteiger partial charge in [0.25, 0.3) is 0 Å². The van der Waals surface area contributed by atoms with Crippen molar-refractivity contribution in [3.63, 3.8) is 0 Å². The Labute approximate surface area is 276 Å². The molecular weight excluding hydrogens is 655 g/mol. The molecule has 44 heavy (non-hydrogen) atoms. The topological polar surface area (TPSA) is 46.5 Å². The van der Waals surface area contributed by atoms with Crippen LogP contribution in [0.15, 0.2) is 54.6 Å². The second-order valence-corrected chi connectivity index (χ2v) is 21.5. The molecule has 1 saturated heterocycles. The molecule has 246 valence electrons. The monoisotopic (exact) mass is 716 g/mol. The van der Waals surface area contributed by atoms with Crippen molar-refractivity contribution in [2.45, 2.75) is 114 Å². The first kappa shape index (κ1) is 35.5. The average Bonchev–Trinajstić information content (AvgIpc) is 3.45. The van der Waals surface area contributed by atoms with Gasteiger partial charge in [-0.05, 0) is 13.8 Å². The second kappa shape index (κ2) is 14.6. The number of aliphatic hydroxyl groups is 1. The molecule has 6 unspecified atom stereocenters. The van der Waals surface area contributed by atoms with Crippen molar-refractivity contribution in [3.05, 3.63) is 65.8 Å². The smallest absolute Gasteiger partial charge is 0.0319 e. The first-order valence-corrected chi connectivity index (χ1v) is 21.3. The minimum Gasteiger partial charge on any atom is -0.400 e. The summed E-state index contributed by atoms with van der Waals surface area (Å²) >= 11 is -1.18. The van der Waals surface area contributed by atoms with Crippen LogP contribution in [0.1, 0.15) is 122 Å². The van der Waals surface area contributed by atoms with Crippen LogP contribution in [0.25, 0.3) is 5.57 Å². The predicted octanol–water partition coefficient (Wildman–Crippen LogP) is 10.7. The van der Waals surface area contributed by atoms with E-state index >= 15 is 0 Å². The fourth-order valence-electron chi connectivity index (χ4n) is 10.2. The number of esters is 1. The number of rotatable bonds is 4. The van der Waals surface area contributed by atoms with Gasteiger partial charge in [-0.2, -0.15) is 0 Å². The van der Waals surface area contributed by atoms with Crippen LogP contribution >= 0.6 is 19.8 Å². The summed E-state index contributed by atoms with van der Waals surface area (Å²) in [6.07, 6.45) is 22.4. The quantitative estimate of drug-likeness (QED) is 0.146. The molecule has 4 fully saturated rings. The summed E-state index contributed by atoms with van der Waals surface area (Å²) in [7, 11) is 2.46. The van der Waals surface area contributed by atoms with E-state index in [1.807, 2.05) is 26.0 Å². The molecule has 0 amide bonds. The Hall–Kier alpha value is -1.40. The van der Waals surface area contributed by atoms with Gasteiger partial charge in [0.15, 0.2) is 0 Å². The molecular formula is C40H61IO3. The van der Waals surface area contributed by atoms with Crippen molar-refractivity contribution in [3.8, 4) is 0 Å². The number of carbonyl (C=O) groups is 1. The molecule has 7 atom stereocenters. The number of ether oxygens (including phenoxy) is 1. The number of alkyl halides is 3. The zero-order valence-corrected chi connectivity index (χ0v) is 31.2. The Morgan fingerprint density at radius 2 is 1.66 bits per heavy atom. The van der Waals surface area contributed by atoms with Gasteiger partial charge in [-0.15, -0.1) is 6.58 Å². The molecule has 6 rings (SSSR count). The van der Waals surface area contributed by atoms with E-state index in [1.165, 1.54) is 92.5 Å². The van der Waals surface area contributed by atoms with E-state index in [4.69, 9.17) is 9.84 Å². The average molecular weight is 717 g/mol. The van der Waals surface area contributed by atoms with Crippen LogP contribution in [0.3, 0.4) is 0 Å². The van der Waals surface area contributed by atoms with Crippen LogP contribution in [-0.4, -0.2) is 37.6 Å². The first-order valence-electron chi connectivity index (χ1n) is 17.2. The van der Waals surface area contributed by atoms with Crippen molar-refractivity contribution in [2.75, 3.05) is 18.6 Å². The maximum Gasteiger partial charge on any atom is 0.0319 e. The van der Waals surface area contributed by atoms with E-state index in [-0.39, 0.29) is 11.4 Å². The van der Waals surface area contributed by atoms with Crippen molar-refractivity contribution >= 4 is 31.4 Å². The summed E-state index contributed by atoms with van der Waals surface area (Å²) in [4.78, 5) is 12.0. The minimum absolute atomic E-state index is 0.228. The van der Waals surface area contributed by atoms with Gasteiger partial charge in [0.05, 0.1) is 0 Å². The van der Waals surface area contributed by atoms with Gasteiger partial charge in [-0.3, -0.25) is 0 Å². The molecule has 1 aromatic carbocycles. The predicted molar refractivity (Wildman–Crippen MR) is 197 cm³/mol. The standard InChI is InChI=1S/C35H49IO2.C4H8.CH4O/c1-6-7-19-35-20-8-9-29(35)26-14-15-31-34(4,28(26)16-22-35)21-17-30-33(2,3)27(18-23-36(30)31)24-10-12-25(13-11-24)32(37)38-5;1-4(2)3;1-2/h7,10-13,18-19,26,28-31H,6,8-9,14-17,20-23H2,1-5H3;1H2,2-3H3;2H,1H3/b19-7-;;/t26?,28?,29-,30?,31?,34?,35?;;/m1../s1. The van der Waals surface area contributed by atoms with Gasteiger partial charge in [-0.25, -0.2) is 0 Å². The van der Waals surface area contributed by atoms with E-state index < -0.39 is 19.8 Å². The number of carbonyl (C=O) groups excluding carboxylic acids is 1. The number of methoxy groups -OCH3 is 1. The van der Waals surface area contributed by atoms with Gasteiger partial charge >= 0.3 is 240 Å². The molecule has 3 saturated carbocycles. The molecule has 3 aliphatic carbocycles. The van der Waals surface area contributed by atoms with E-state index in [2.05, 4.69) is 64.6 Å². The third-order valence-electron chi connectivity index (χ3n) is 12.0. The van der Waals surface area contributed by atoms with Crippen molar-refractivity contribution in [2.24, 2.45) is 34.0 Å². The molecule has 0 radical (unpaired) electrons.